The monoisotopic (exact) mass is 411 g/mol. The van der Waals surface area contributed by atoms with E-state index >= 15 is 0 Å². The minimum Gasteiger partial charge on any atom is -0.343 e. The molecule has 0 saturated heterocycles. The number of aromatic nitrogens is 1. The zero-order valence-corrected chi connectivity index (χ0v) is 15.2. The Hall–Kier alpha value is -2.72. The van der Waals surface area contributed by atoms with E-state index in [2.05, 4.69) is 10.3 Å². The van der Waals surface area contributed by atoms with Crippen LogP contribution in [0, 0.1) is 0 Å². The molecule has 1 aromatic carbocycles. The molecule has 0 saturated carbocycles. The van der Waals surface area contributed by atoms with E-state index in [4.69, 9.17) is 0 Å². The van der Waals surface area contributed by atoms with Gasteiger partial charge in [-0.1, -0.05) is 6.07 Å². The molecule has 27 heavy (non-hydrogen) atoms. The van der Waals surface area contributed by atoms with Crippen LogP contribution in [0.3, 0.4) is 0 Å². The van der Waals surface area contributed by atoms with Crippen molar-refractivity contribution >= 4 is 40.2 Å². The first-order valence-corrected chi connectivity index (χ1v) is 9.33. The number of thiophene rings is 1. The van der Waals surface area contributed by atoms with Gasteiger partial charge >= 0.3 is 6.18 Å². The topological polar surface area (TPSA) is 71.1 Å². The SMILES string of the molecule is O=C(NCC(F)(F)F)c1ccc(NC(=O)c2csc(-c3cccs3)n2)cc1. The highest BCUT2D eigenvalue weighted by atomic mass is 32.1. The van der Waals surface area contributed by atoms with Crippen LogP contribution in [-0.2, 0) is 0 Å². The Labute approximate surface area is 159 Å². The van der Waals surface area contributed by atoms with Crippen molar-refractivity contribution in [2.75, 3.05) is 11.9 Å². The quantitative estimate of drug-likeness (QED) is 0.653. The van der Waals surface area contributed by atoms with Crippen LogP contribution in [0.15, 0.2) is 47.2 Å². The third-order valence-corrected chi connectivity index (χ3v) is 5.20. The second-order valence-corrected chi connectivity index (χ2v) is 7.15. The van der Waals surface area contributed by atoms with Crippen molar-refractivity contribution in [2.24, 2.45) is 0 Å². The van der Waals surface area contributed by atoms with E-state index in [1.807, 2.05) is 17.5 Å². The Morgan fingerprint density at radius 3 is 2.41 bits per heavy atom. The first kappa shape index (κ1) is 19.1. The van der Waals surface area contributed by atoms with Gasteiger partial charge in [0.2, 0.25) is 0 Å². The van der Waals surface area contributed by atoms with Gasteiger partial charge in [0.15, 0.2) is 0 Å². The van der Waals surface area contributed by atoms with Gasteiger partial charge in [0.05, 0.1) is 4.88 Å². The molecule has 0 aliphatic rings. The summed E-state index contributed by atoms with van der Waals surface area (Å²) in [5, 5.41) is 8.72. The van der Waals surface area contributed by atoms with E-state index < -0.39 is 24.5 Å². The van der Waals surface area contributed by atoms with E-state index in [0.717, 1.165) is 9.88 Å². The lowest BCUT2D eigenvalue weighted by Gasteiger charge is -2.09. The van der Waals surface area contributed by atoms with Crippen molar-refractivity contribution in [3.63, 3.8) is 0 Å². The summed E-state index contributed by atoms with van der Waals surface area (Å²) in [4.78, 5) is 29.2. The normalized spacial score (nSPS) is 11.2. The molecule has 10 heteroatoms. The molecule has 140 valence electrons. The largest absolute Gasteiger partial charge is 0.405 e. The number of amides is 2. The molecule has 0 aliphatic carbocycles. The van der Waals surface area contributed by atoms with E-state index in [-0.39, 0.29) is 11.3 Å². The van der Waals surface area contributed by atoms with Crippen LogP contribution in [0.25, 0.3) is 9.88 Å². The van der Waals surface area contributed by atoms with E-state index in [1.165, 1.54) is 46.9 Å². The molecule has 2 heterocycles. The minimum atomic E-state index is -4.47. The summed E-state index contributed by atoms with van der Waals surface area (Å²) in [6.07, 6.45) is -4.47. The molecule has 2 aromatic heterocycles. The Morgan fingerprint density at radius 1 is 1.04 bits per heavy atom. The number of nitrogens with one attached hydrogen (secondary N) is 2. The van der Waals surface area contributed by atoms with Gasteiger partial charge in [0.25, 0.3) is 11.8 Å². The smallest absolute Gasteiger partial charge is 0.343 e. The Balaban J connectivity index is 1.61. The van der Waals surface area contributed by atoms with Gasteiger partial charge in [-0.3, -0.25) is 9.59 Å². The average Bonchev–Trinajstić information content (AvgIpc) is 3.30. The molecule has 2 amide bonds. The number of alkyl halides is 3. The van der Waals surface area contributed by atoms with Crippen LogP contribution in [0.1, 0.15) is 20.8 Å². The van der Waals surface area contributed by atoms with Crippen molar-refractivity contribution in [1.29, 1.82) is 0 Å². The first-order chi connectivity index (χ1) is 12.8. The Morgan fingerprint density at radius 2 is 1.78 bits per heavy atom. The average molecular weight is 411 g/mol. The maximum absolute atomic E-state index is 12.3. The maximum atomic E-state index is 12.3. The highest BCUT2D eigenvalue weighted by Gasteiger charge is 2.27. The number of hydrogen-bond acceptors (Lipinski definition) is 5. The van der Waals surface area contributed by atoms with Crippen molar-refractivity contribution < 1.29 is 22.8 Å². The van der Waals surface area contributed by atoms with Gasteiger partial charge in [-0.05, 0) is 35.7 Å². The number of nitrogens with zero attached hydrogens (tertiary/aromatic N) is 1. The fraction of sp³-hybridized carbons (Fsp3) is 0.118. The number of hydrogen-bond donors (Lipinski definition) is 2. The molecule has 0 fully saturated rings. The third-order valence-electron chi connectivity index (χ3n) is 3.32. The number of rotatable bonds is 5. The van der Waals surface area contributed by atoms with E-state index in [9.17, 15) is 22.8 Å². The standard InChI is InChI=1S/C17H12F3N3O2S2/c18-17(19,20)9-21-14(24)10-3-5-11(6-4-10)22-15(25)12-8-27-16(23-12)13-2-1-7-26-13/h1-8H,9H2,(H,21,24)(H,22,25). The highest BCUT2D eigenvalue weighted by Crippen LogP contribution is 2.28. The molecule has 0 radical (unpaired) electrons. The second kappa shape index (κ2) is 7.89. The van der Waals surface area contributed by atoms with Crippen LogP contribution >= 0.6 is 22.7 Å². The number of halogens is 3. The molecule has 0 atom stereocenters. The Bertz CT molecular complexity index is 935. The van der Waals surface area contributed by atoms with E-state index in [1.54, 1.807) is 10.7 Å². The predicted molar refractivity (Wildman–Crippen MR) is 98.2 cm³/mol. The number of benzene rings is 1. The summed E-state index contributed by atoms with van der Waals surface area (Å²) in [6.45, 7) is -1.40. The molecule has 3 aromatic rings. The lowest BCUT2D eigenvalue weighted by atomic mass is 10.2. The van der Waals surface area contributed by atoms with Crippen LogP contribution in [0.5, 0.6) is 0 Å². The van der Waals surface area contributed by atoms with Crippen molar-refractivity contribution in [3.8, 4) is 9.88 Å². The first-order valence-electron chi connectivity index (χ1n) is 7.57. The summed E-state index contributed by atoms with van der Waals surface area (Å²) in [6, 6.07) is 9.35. The van der Waals surface area contributed by atoms with Crippen LogP contribution in [-0.4, -0.2) is 29.5 Å². The molecule has 3 rings (SSSR count). The van der Waals surface area contributed by atoms with Crippen LogP contribution < -0.4 is 10.6 Å². The number of anilines is 1. The summed E-state index contributed by atoms with van der Waals surface area (Å²) in [7, 11) is 0. The third kappa shape index (κ3) is 5.14. The number of carbonyl (C=O) groups excluding carboxylic acids is 2. The molecule has 5 nitrogen and oxygen atoms in total. The molecule has 0 aliphatic heterocycles. The van der Waals surface area contributed by atoms with Gasteiger partial charge in [-0.15, -0.1) is 22.7 Å². The zero-order chi connectivity index (χ0) is 19.4. The molecular weight excluding hydrogens is 399 g/mol. The zero-order valence-electron chi connectivity index (χ0n) is 13.5. The van der Waals surface area contributed by atoms with Crippen molar-refractivity contribution in [2.45, 2.75) is 6.18 Å². The minimum absolute atomic E-state index is 0.0610. The molecule has 0 unspecified atom stereocenters. The fourth-order valence-electron chi connectivity index (χ4n) is 2.07. The summed E-state index contributed by atoms with van der Waals surface area (Å²) in [5.41, 5.74) is 0.722. The maximum Gasteiger partial charge on any atom is 0.405 e. The van der Waals surface area contributed by atoms with E-state index in [0.29, 0.717) is 5.69 Å². The van der Waals surface area contributed by atoms with Crippen molar-refractivity contribution in [3.05, 3.63) is 58.4 Å². The fourth-order valence-corrected chi connectivity index (χ4v) is 3.69. The van der Waals surface area contributed by atoms with Gasteiger partial charge in [0.1, 0.15) is 17.2 Å². The van der Waals surface area contributed by atoms with Gasteiger partial charge in [0, 0.05) is 16.6 Å². The molecule has 0 spiro atoms. The number of thiazole rings is 1. The molecule has 0 bridgehead atoms. The molecular formula is C17H12F3N3O2S2. The Kier molecular flexibility index (Phi) is 5.57. The van der Waals surface area contributed by atoms with Crippen LogP contribution in [0.2, 0.25) is 0 Å². The highest BCUT2D eigenvalue weighted by molar-refractivity contribution is 7.20. The van der Waals surface area contributed by atoms with Gasteiger partial charge < -0.3 is 10.6 Å². The van der Waals surface area contributed by atoms with Crippen molar-refractivity contribution in [1.82, 2.24) is 10.3 Å². The summed E-state index contributed by atoms with van der Waals surface area (Å²) >= 11 is 2.88. The summed E-state index contributed by atoms with van der Waals surface area (Å²) in [5.74, 6) is -1.26. The van der Waals surface area contributed by atoms with Gasteiger partial charge in [-0.2, -0.15) is 13.2 Å². The summed E-state index contributed by atoms with van der Waals surface area (Å²) < 4.78 is 36.4. The van der Waals surface area contributed by atoms with Gasteiger partial charge in [-0.25, -0.2) is 4.98 Å². The second-order valence-electron chi connectivity index (χ2n) is 5.34. The lowest BCUT2D eigenvalue weighted by molar-refractivity contribution is -0.123. The predicted octanol–water partition coefficient (Wildman–Crippen LogP) is 4.42. The molecule has 2 N–H and O–H groups in total. The number of carbonyl (C=O) groups is 2. The van der Waals surface area contributed by atoms with Crippen LogP contribution in [0.4, 0.5) is 18.9 Å². The lowest BCUT2D eigenvalue weighted by Crippen LogP contribution is -2.33.